The Morgan fingerprint density at radius 2 is 2.12 bits per heavy atom. The van der Waals surface area contributed by atoms with Gasteiger partial charge in [-0.2, -0.15) is 0 Å². The number of aliphatic imine (C=N–C) groups is 1. The molecule has 1 saturated heterocycles. The summed E-state index contributed by atoms with van der Waals surface area (Å²) >= 11 is 6.12. The number of halogens is 2. The second-order valence-corrected chi connectivity index (χ2v) is 7.81. The Morgan fingerprint density at radius 1 is 1.35 bits per heavy atom. The molecule has 1 saturated carbocycles. The highest BCUT2D eigenvalue weighted by Gasteiger charge is 2.32. The predicted octanol–water partition coefficient (Wildman–Crippen LogP) is 3.04. The lowest BCUT2D eigenvalue weighted by molar-refractivity contribution is 0.264. The van der Waals surface area contributed by atoms with Gasteiger partial charge in [-0.3, -0.25) is 4.99 Å². The highest BCUT2D eigenvalue weighted by Crippen LogP contribution is 2.34. The van der Waals surface area contributed by atoms with Gasteiger partial charge in [-0.05, 0) is 57.5 Å². The van der Waals surface area contributed by atoms with E-state index in [0.717, 1.165) is 43.0 Å². The molecule has 2 fully saturated rings. The Balaban J connectivity index is 0.00000243. The van der Waals surface area contributed by atoms with E-state index in [1.165, 1.54) is 18.5 Å². The Morgan fingerprint density at radius 3 is 2.73 bits per heavy atom. The van der Waals surface area contributed by atoms with Crippen molar-refractivity contribution in [3.05, 3.63) is 29.3 Å². The van der Waals surface area contributed by atoms with E-state index >= 15 is 0 Å². The summed E-state index contributed by atoms with van der Waals surface area (Å²) in [6, 6.07) is 9.09. The van der Waals surface area contributed by atoms with E-state index in [1.54, 1.807) is 0 Å². The van der Waals surface area contributed by atoms with E-state index < -0.39 is 0 Å². The molecule has 2 aliphatic rings. The molecule has 3 rings (SSSR count). The van der Waals surface area contributed by atoms with E-state index in [-0.39, 0.29) is 24.0 Å². The molecule has 5 nitrogen and oxygen atoms in total. The first-order chi connectivity index (χ1) is 12.1. The van der Waals surface area contributed by atoms with E-state index in [0.29, 0.717) is 12.1 Å². The summed E-state index contributed by atoms with van der Waals surface area (Å²) in [6.07, 6.45) is 3.81. The zero-order valence-corrected chi connectivity index (χ0v) is 19.0. The summed E-state index contributed by atoms with van der Waals surface area (Å²) < 4.78 is 0. The third kappa shape index (κ3) is 5.89. The normalized spacial score (nSPS) is 21.5. The minimum atomic E-state index is 0. The Bertz CT molecular complexity index is 603. The average Bonchev–Trinajstić information content (AvgIpc) is 3.31. The molecular formula is C19H31ClIN5. The number of hydrogen-bond acceptors (Lipinski definition) is 3. The Labute approximate surface area is 179 Å². The number of nitrogens with zero attached hydrogens (tertiary/aromatic N) is 3. The quantitative estimate of drug-likeness (QED) is 0.365. The molecule has 146 valence electrons. The molecule has 7 heteroatoms. The van der Waals surface area contributed by atoms with E-state index in [1.807, 2.05) is 25.2 Å². The van der Waals surface area contributed by atoms with Crippen molar-refractivity contribution in [2.45, 2.75) is 31.3 Å². The summed E-state index contributed by atoms with van der Waals surface area (Å²) in [4.78, 5) is 9.12. The van der Waals surface area contributed by atoms with E-state index in [2.05, 4.69) is 45.6 Å². The van der Waals surface area contributed by atoms with Crippen molar-refractivity contribution in [2.24, 2.45) is 10.9 Å². The standard InChI is InChI=1S/C19H30ClN5.HI/c1-21-19(22-12-18(24(2)3)14-7-8-14)23-16-9-10-25(13-16)17-6-4-5-15(20)11-17;/h4-6,11,14,16,18H,7-10,12-13H2,1-3H3,(H2,21,22,23);1H. The number of hydrogen-bond donors (Lipinski definition) is 2. The maximum absolute atomic E-state index is 6.12. The summed E-state index contributed by atoms with van der Waals surface area (Å²) in [5.41, 5.74) is 1.20. The summed E-state index contributed by atoms with van der Waals surface area (Å²) in [5, 5.41) is 7.89. The number of benzene rings is 1. The lowest BCUT2D eigenvalue weighted by Crippen LogP contribution is -2.49. The van der Waals surface area contributed by atoms with Gasteiger partial charge in [0, 0.05) is 49.5 Å². The fourth-order valence-electron chi connectivity index (χ4n) is 3.63. The van der Waals surface area contributed by atoms with Crippen molar-refractivity contribution in [3.63, 3.8) is 0 Å². The minimum absolute atomic E-state index is 0. The second kappa shape index (κ2) is 9.99. The molecule has 0 spiro atoms. The number of rotatable bonds is 6. The molecule has 1 aliphatic heterocycles. The fraction of sp³-hybridized carbons (Fsp3) is 0.632. The first kappa shape index (κ1) is 21.6. The molecule has 2 N–H and O–H groups in total. The van der Waals surface area contributed by atoms with Crippen LogP contribution in [0.25, 0.3) is 0 Å². The average molecular weight is 492 g/mol. The van der Waals surface area contributed by atoms with Crippen molar-refractivity contribution >= 4 is 47.2 Å². The van der Waals surface area contributed by atoms with Crippen molar-refractivity contribution in [2.75, 3.05) is 45.7 Å². The molecule has 1 aromatic rings. The molecule has 0 radical (unpaired) electrons. The SMILES string of the molecule is CN=C(NCC(C1CC1)N(C)C)NC1CCN(c2cccc(Cl)c2)C1.I. The van der Waals surface area contributed by atoms with Crippen molar-refractivity contribution in [3.8, 4) is 0 Å². The van der Waals surface area contributed by atoms with Crippen LogP contribution < -0.4 is 15.5 Å². The lowest BCUT2D eigenvalue weighted by Gasteiger charge is -2.26. The summed E-state index contributed by atoms with van der Waals surface area (Å²) in [6.45, 7) is 2.96. The van der Waals surface area contributed by atoms with Crippen LogP contribution in [-0.2, 0) is 0 Å². The van der Waals surface area contributed by atoms with Gasteiger partial charge in [-0.1, -0.05) is 17.7 Å². The van der Waals surface area contributed by atoms with Gasteiger partial charge in [0.2, 0.25) is 0 Å². The molecular weight excluding hydrogens is 461 g/mol. The second-order valence-electron chi connectivity index (χ2n) is 7.38. The summed E-state index contributed by atoms with van der Waals surface area (Å²) in [7, 11) is 6.18. The van der Waals surface area contributed by atoms with Crippen LogP contribution in [0, 0.1) is 5.92 Å². The van der Waals surface area contributed by atoms with Gasteiger partial charge in [0.15, 0.2) is 5.96 Å². The third-order valence-electron chi connectivity index (χ3n) is 5.23. The smallest absolute Gasteiger partial charge is 0.191 e. The number of guanidine groups is 1. The third-order valence-corrected chi connectivity index (χ3v) is 5.47. The van der Waals surface area contributed by atoms with Crippen LogP contribution in [0.15, 0.2) is 29.3 Å². The van der Waals surface area contributed by atoms with E-state index in [9.17, 15) is 0 Å². The van der Waals surface area contributed by atoms with Crippen molar-refractivity contribution in [1.29, 1.82) is 0 Å². The zero-order valence-electron chi connectivity index (χ0n) is 15.9. The van der Waals surface area contributed by atoms with Crippen LogP contribution in [-0.4, -0.2) is 63.7 Å². The molecule has 0 amide bonds. The van der Waals surface area contributed by atoms with Crippen LogP contribution in [0.4, 0.5) is 5.69 Å². The van der Waals surface area contributed by atoms with Crippen LogP contribution in [0.2, 0.25) is 5.02 Å². The van der Waals surface area contributed by atoms with Gasteiger partial charge < -0.3 is 20.4 Å². The van der Waals surface area contributed by atoms with Gasteiger partial charge in [0.1, 0.15) is 0 Å². The minimum Gasteiger partial charge on any atom is -0.369 e. The fourth-order valence-corrected chi connectivity index (χ4v) is 3.81. The highest BCUT2D eigenvalue weighted by molar-refractivity contribution is 14.0. The van der Waals surface area contributed by atoms with Gasteiger partial charge in [-0.15, -0.1) is 24.0 Å². The molecule has 1 aliphatic carbocycles. The van der Waals surface area contributed by atoms with Gasteiger partial charge in [0.25, 0.3) is 0 Å². The molecule has 0 bridgehead atoms. The number of nitrogens with one attached hydrogen (secondary N) is 2. The highest BCUT2D eigenvalue weighted by atomic mass is 127. The molecule has 0 aromatic heterocycles. The van der Waals surface area contributed by atoms with Crippen LogP contribution in [0.3, 0.4) is 0 Å². The maximum atomic E-state index is 6.12. The first-order valence-corrected chi connectivity index (χ1v) is 9.58. The Kier molecular flexibility index (Phi) is 8.29. The maximum Gasteiger partial charge on any atom is 0.191 e. The van der Waals surface area contributed by atoms with Crippen molar-refractivity contribution in [1.82, 2.24) is 15.5 Å². The largest absolute Gasteiger partial charge is 0.369 e. The predicted molar refractivity (Wildman–Crippen MR) is 122 cm³/mol. The van der Waals surface area contributed by atoms with Gasteiger partial charge in [0.05, 0.1) is 0 Å². The Hall–Kier alpha value is -0.730. The number of anilines is 1. The molecule has 1 aromatic carbocycles. The molecule has 2 unspecified atom stereocenters. The molecule has 2 atom stereocenters. The first-order valence-electron chi connectivity index (χ1n) is 9.21. The topological polar surface area (TPSA) is 42.9 Å². The van der Waals surface area contributed by atoms with Crippen molar-refractivity contribution < 1.29 is 0 Å². The van der Waals surface area contributed by atoms with E-state index in [4.69, 9.17) is 11.6 Å². The number of likely N-dealkylation sites (N-methyl/N-ethyl adjacent to an activating group) is 1. The van der Waals surface area contributed by atoms with Gasteiger partial charge >= 0.3 is 0 Å². The lowest BCUT2D eigenvalue weighted by atomic mass is 10.1. The van der Waals surface area contributed by atoms with Crippen LogP contribution in [0.1, 0.15) is 19.3 Å². The zero-order chi connectivity index (χ0) is 17.8. The van der Waals surface area contributed by atoms with Gasteiger partial charge in [-0.25, -0.2) is 0 Å². The molecule has 26 heavy (non-hydrogen) atoms. The van der Waals surface area contributed by atoms with Crippen LogP contribution >= 0.6 is 35.6 Å². The summed E-state index contributed by atoms with van der Waals surface area (Å²) in [5.74, 6) is 1.75. The monoisotopic (exact) mass is 491 g/mol. The molecule has 1 heterocycles. The van der Waals surface area contributed by atoms with Crippen LogP contribution in [0.5, 0.6) is 0 Å².